The second-order valence-corrected chi connectivity index (χ2v) is 8.68. The van der Waals surface area contributed by atoms with E-state index < -0.39 is 0 Å². The van der Waals surface area contributed by atoms with Crippen molar-refractivity contribution in [3.63, 3.8) is 0 Å². The van der Waals surface area contributed by atoms with Gasteiger partial charge in [0, 0.05) is 37.3 Å². The van der Waals surface area contributed by atoms with Gasteiger partial charge in [-0.15, -0.1) is 0 Å². The van der Waals surface area contributed by atoms with E-state index in [1.54, 1.807) is 0 Å². The summed E-state index contributed by atoms with van der Waals surface area (Å²) in [6.45, 7) is 13.8. The Balaban J connectivity index is 2.10. The van der Waals surface area contributed by atoms with E-state index in [9.17, 15) is 0 Å². The van der Waals surface area contributed by atoms with Gasteiger partial charge in [-0.1, -0.05) is 26.7 Å². The number of nitrogens with zero attached hydrogens (tertiary/aromatic N) is 2. The normalized spacial score (nSPS) is 35.3. The first-order valence-electron chi connectivity index (χ1n) is 8.95. The summed E-state index contributed by atoms with van der Waals surface area (Å²) in [6, 6.07) is 0. The Morgan fingerprint density at radius 3 is 2.52 bits per heavy atom. The van der Waals surface area contributed by atoms with E-state index in [4.69, 9.17) is 5.73 Å². The highest BCUT2D eigenvalue weighted by Crippen LogP contribution is 2.40. The number of piperazine rings is 1. The second-order valence-electron chi connectivity index (χ2n) is 8.68. The monoisotopic (exact) mass is 295 g/mol. The molecule has 1 aliphatic heterocycles. The molecule has 0 spiro atoms. The Labute approximate surface area is 132 Å². The van der Waals surface area contributed by atoms with E-state index in [0.717, 1.165) is 24.9 Å². The van der Waals surface area contributed by atoms with Crippen molar-refractivity contribution in [2.75, 3.05) is 33.2 Å². The van der Waals surface area contributed by atoms with Gasteiger partial charge in [-0.3, -0.25) is 9.80 Å². The van der Waals surface area contributed by atoms with E-state index >= 15 is 0 Å². The summed E-state index contributed by atoms with van der Waals surface area (Å²) in [5, 5.41) is 0. The molecule has 2 rings (SSSR count). The van der Waals surface area contributed by atoms with Gasteiger partial charge in [0.05, 0.1) is 0 Å². The van der Waals surface area contributed by atoms with Gasteiger partial charge in [0.2, 0.25) is 0 Å². The Hall–Kier alpha value is -0.120. The highest BCUT2D eigenvalue weighted by atomic mass is 15.3. The van der Waals surface area contributed by atoms with Crippen molar-refractivity contribution in [3.05, 3.63) is 0 Å². The van der Waals surface area contributed by atoms with Crippen LogP contribution in [0.15, 0.2) is 0 Å². The van der Waals surface area contributed by atoms with Crippen molar-refractivity contribution in [3.8, 4) is 0 Å². The van der Waals surface area contributed by atoms with Crippen molar-refractivity contribution < 1.29 is 0 Å². The summed E-state index contributed by atoms with van der Waals surface area (Å²) < 4.78 is 0. The average Bonchev–Trinajstić information content (AvgIpc) is 2.41. The van der Waals surface area contributed by atoms with E-state index in [0.29, 0.717) is 0 Å². The number of rotatable bonds is 4. The standard InChI is InChI=1S/C18H37N3/c1-15(2)11-16-7-6-8-18(12-16,13-19)21-10-9-20(5)17(3,4)14-21/h15-16H,6-14,19H2,1-5H3. The topological polar surface area (TPSA) is 32.5 Å². The van der Waals surface area contributed by atoms with Crippen molar-refractivity contribution >= 4 is 0 Å². The van der Waals surface area contributed by atoms with Crippen LogP contribution in [0.2, 0.25) is 0 Å². The number of hydrogen-bond acceptors (Lipinski definition) is 3. The van der Waals surface area contributed by atoms with Gasteiger partial charge in [-0.25, -0.2) is 0 Å². The van der Waals surface area contributed by atoms with Crippen LogP contribution in [-0.2, 0) is 0 Å². The fourth-order valence-corrected chi connectivity index (χ4v) is 4.58. The molecule has 2 N–H and O–H groups in total. The number of likely N-dealkylation sites (N-methyl/N-ethyl adjacent to an activating group) is 1. The molecule has 0 aromatic rings. The Morgan fingerprint density at radius 2 is 1.95 bits per heavy atom. The Morgan fingerprint density at radius 1 is 1.24 bits per heavy atom. The molecule has 1 heterocycles. The first-order chi connectivity index (χ1) is 9.79. The van der Waals surface area contributed by atoms with Crippen LogP contribution in [0.4, 0.5) is 0 Å². The molecule has 3 nitrogen and oxygen atoms in total. The smallest absolute Gasteiger partial charge is 0.0335 e. The van der Waals surface area contributed by atoms with Gasteiger partial charge in [-0.05, 0) is 52.0 Å². The highest BCUT2D eigenvalue weighted by Gasteiger charge is 2.44. The van der Waals surface area contributed by atoms with Crippen LogP contribution in [0.3, 0.4) is 0 Å². The number of nitrogens with two attached hydrogens (primary N) is 1. The molecule has 0 radical (unpaired) electrons. The van der Waals surface area contributed by atoms with E-state index in [1.807, 2.05) is 0 Å². The summed E-state index contributed by atoms with van der Waals surface area (Å²) >= 11 is 0. The third-order valence-electron chi connectivity index (χ3n) is 6.10. The van der Waals surface area contributed by atoms with Crippen LogP contribution in [0.5, 0.6) is 0 Å². The molecule has 2 fully saturated rings. The molecule has 3 heteroatoms. The molecule has 2 unspecified atom stereocenters. The molecule has 2 aliphatic rings. The zero-order chi connectivity index (χ0) is 15.7. The summed E-state index contributed by atoms with van der Waals surface area (Å²) in [6.07, 6.45) is 6.77. The first kappa shape index (κ1) is 17.2. The van der Waals surface area contributed by atoms with Gasteiger partial charge >= 0.3 is 0 Å². The van der Waals surface area contributed by atoms with Crippen LogP contribution in [0.1, 0.15) is 59.8 Å². The summed E-state index contributed by atoms with van der Waals surface area (Å²) in [5.41, 5.74) is 6.87. The van der Waals surface area contributed by atoms with Gasteiger partial charge < -0.3 is 5.73 Å². The zero-order valence-electron chi connectivity index (χ0n) is 15.0. The lowest BCUT2D eigenvalue weighted by atomic mass is 9.71. The van der Waals surface area contributed by atoms with Gasteiger partial charge in [0.1, 0.15) is 0 Å². The van der Waals surface area contributed by atoms with Crippen LogP contribution < -0.4 is 5.73 Å². The predicted molar refractivity (Wildman–Crippen MR) is 91.5 cm³/mol. The predicted octanol–water partition coefficient (Wildman–Crippen LogP) is 2.95. The van der Waals surface area contributed by atoms with E-state index in [1.165, 1.54) is 45.2 Å². The summed E-state index contributed by atoms with van der Waals surface area (Å²) in [4.78, 5) is 5.25. The molecule has 1 aliphatic carbocycles. The second kappa shape index (κ2) is 6.55. The number of hydrogen-bond donors (Lipinski definition) is 1. The molecule has 0 amide bonds. The molecule has 0 aromatic carbocycles. The fraction of sp³-hybridized carbons (Fsp3) is 1.00. The minimum atomic E-state index is 0.269. The first-order valence-corrected chi connectivity index (χ1v) is 8.95. The SMILES string of the molecule is CC(C)CC1CCCC(CN)(N2CCN(C)C(C)(C)C2)C1. The molecule has 2 atom stereocenters. The molecule has 21 heavy (non-hydrogen) atoms. The van der Waals surface area contributed by atoms with E-state index in [2.05, 4.69) is 44.5 Å². The van der Waals surface area contributed by atoms with Crippen LogP contribution in [-0.4, -0.2) is 54.1 Å². The maximum absolute atomic E-state index is 6.33. The maximum Gasteiger partial charge on any atom is 0.0335 e. The van der Waals surface area contributed by atoms with Crippen molar-refractivity contribution in [1.29, 1.82) is 0 Å². The molecule has 124 valence electrons. The minimum absolute atomic E-state index is 0.269. The highest BCUT2D eigenvalue weighted by molar-refractivity contribution is 5.01. The van der Waals surface area contributed by atoms with Crippen LogP contribution in [0.25, 0.3) is 0 Å². The molecule has 1 saturated heterocycles. The maximum atomic E-state index is 6.33. The van der Waals surface area contributed by atoms with Gasteiger partial charge in [0.15, 0.2) is 0 Å². The lowest BCUT2D eigenvalue weighted by molar-refractivity contribution is -0.0465. The Bertz CT molecular complexity index is 339. The summed E-state index contributed by atoms with van der Waals surface area (Å²) in [7, 11) is 2.26. The van der Waals surface area contributed by atoms with Crippen LogP contribution in [0, 0.1) is 11.8 Å². The molecular formula is C18H37N3. The largest absolute Gasteiger partial charge is 0.329 e. The summed E-state index contributed by atoms with van der Waals surface area (Å²) in [5.74, 6) is 1.69. The molecular weight excluding hydrogens is 258 g/mol. The van der Waals surface area contributed by atoms with Gasteiger partial charge in [0.25, 0.3) is 0 Å². The third kappa shape index (κ3) is 3.80. The van der Waals surface area contributed by atoms with Crippen molar-refractivity contribution in [2.45, 2.75) is 70.9 Å². The lowest BCUT2D eigenvalue weighted by Gasteiger charge is -2.55. The van der Waals surface area contributed by atoms with Crippen LogP contribution >= 0.6 is 0 Å². The minimum Gasteiger partial charge on any atom is -0.329 e. The van der Waals surface area contributed by atoms with Gasteiger partial charge in [-0.2, -0.15) is 0 Å². The van der Waals surface area contributed by atoms with Crippen molar-refractivity contribution in [1.82, 2.24) is 9.80 Å². The third-order valence-corrected chi connectivity index (χ3v) is 6.10. The van der Waals surface area contributed by atoms with Crippen molar-refractivity contribution in [2.24, 2.45) is 17.6 Å². The zero-order valence-corrected chi connectivity index (χ0v) is 15.0. The van der Waals surface area contributed by atoms with E-state index in [-0.39, 0.29) is 11.1 Å². The Kier molecular flexibility index (Phi) is 5.38. The average molecular weight is 296 g/mol. The molecule has 0 bridgehead atoms. The fourth-order valence-electron chi connectivity index (χ4n) is 4.58. The molecule has 0 aromatic heterocycles. The lowest BCUT2D eigenvalue weighted by Crippen LogP contribution is -2.66. The quantitative estimate of drug-likeness (QED) is 0.865. The molecule has 1 saturated carbocycles.